The Bertz CT molecular complexity index is 1080. The van der Waals surface area contributed by atoms with Gasteiger partial charge < -0.3 is 9.80 Å². The summed E-state index contributed by atoms with van der Waals surface area (Å²) in [6.45, 7) is 11.4. The summed E-state index contributed by atoms with van der Waals surface area (Å²) in [5, 5.41) is 0. The van der Waals surface area contributed by atoms with E-state index < -0.39 is 0 Å². The molecule has 0 unspecified atom stereocenters. The number of hydrogen-bond acceptors (Lipinski definition) is 4. The van der Waals surface area contributed by atoms with Crippen molar-refractivity contribution in [3.63, 3.8) is 0 Å². The van der Waals surface area contributed by atoms with Gasteiger partial charge in [-0.1, -0.05) is 74.0 Å². The first-order valence-corrected chi connectivity index (χ1v) is 11.9. The van der Waals surface area contributed by atoms with Gasteiger partial charge >= 0.3 is 0 Å². The third-order valence-electron chi connectivity index (χ3n) is 6.24. The fourth-order valence-corrected chi connectivity index (χ4v) is 4.33. The van der Waals surface area contributed by atoms with E-state index in [1.54, 1.807) is 0 Å². The lowest BCUT2D eigenvalue weighted by Gasteiger charge is -2.37. The molecule has 1 aliphatic rings. The Hall–Kier alpha value is -3.21. The highest BCUT2D eigenvalue weighted by molar-refractivity contribution is 5.76. The minimum absolute atomic E-state index is 0.258. The first kappa shape index (κ1) is 23.0. The smallest absolute Gasteiger partial charge is 0.222 e. The van der Waals surface area contributed by atoms with E-state index >= 15 is 0 Å². The Morgan fingerprint density at radius 2 is 1.58 bits per heavy atom. The highest BCUT2D eigenvalue weighted by Crippen LogP contribution is 2.28. The van der Waals surface area contributed by atoms with Gasteiger partial charge in [0.15, 0.2) is 5.82 Å². The quantitative estimate of drug-likeness (QED) is 0.536. The predicted molar refractivity (Wildman–Crippen MR) is 134 cm³/mol. The summed E-state index contributed by atoms with van der Waals surface area (Å²) in [6.07, 6.45) is 1.41. The Labute approximate surface area is 197 Å². The molecule has 172 valence electrons. The number of benzene rings is 2. The molecule has 1 aromatic heterocycles. The summed E-state index contributed by atoms with van der Waals surface area (Å²) in [5.41, 5.74) is 5.68. The zero-order valence-corrected chi connectivity index (χ0v) is 20.2. The van der Waals surface area contributed by atoms with Crippen LogP contribution in [0, 0.1) is 19.8 Å². The molecule has 5 heteroatoms. The third-order valence-corrected chi connectivity index (χ3v) is 6.24. The van der Waals surface area contributed by atoms with Crippen LogP contribution in [0.5, 0.6) is 0 Å². The van der Waals surface area contributed by atoms with Crippen molar-refractivity contribution in [2.75, 3.05) is 31.1 Å². The molecule has 5 nitrogen and oxygen atoms in total. The van der Waals surface area contributed by atoms with Crippen molar-refractivity contribution in [2.24, 2.45) is 5.92 Å². The summed E-state index contributed by atoms with van der Waals surface area (Å²) >= 11 is 0. The molecule has 4 rings (SSSR count). The number of anilines is 1. The van der Waals surface area contributed by atoms with Crippen LogP contribution >= 0.6 is 0 Å². The molecule has 33 heavy (non-hydrogen) atoms. The lowest BCUT2D eigenvalue weighted by Crippen LogP contribution is -2.49. The van der Waals surface area contributed by atoms with E-state index in [1.165, 1.54) is 16.7 Å². The number of nitrogens with zero attached hydrogens (tertiary/aromatic N) is 4. The second kappa shape index (κ2) is 10.2. The van der Waals surface area contributed by atoms with Gasteiger partial charge in [-0.15, -0.1) is 0 Å². The molecule has 2 aromatic carbocycles. The van der Waals surface area contributed by atoms with Gasteiger partial charge in [-0.3, -0.25) is 4.79 Å². The van der Waals surface area contributed by atoms with Gasteiger partial charge in [0.05, 0.1) is 0 Å². The van der Waals surface area contributed by atoms with Crippen LogP contribution < -0.4 is 4.90 Å². The summed E-state index contributed by atoms with van der Waals surface area (Å²) in [5.74, 6) is 2.40. The summed E-state index contributed by atoms with van der Waals surface area (Å²) in [7, 11) is 0. The Morgan fingerprint density at radius 3 is 2.21 bits per heavy atom. The van der Waals surface area contributed by atoms with Crippen LogP contribution in [0.25, 0.3) is 11.4 Å². The Kier molecular flexibility index (Phi) is 7.07. The zero-order chi connectivity index (χ0) is 23.4. The van der Waals surface area contributed by atoms with Crippen molar-refractivity contribution in [3.05, 3.63) is 77.0 Å². The van der Waals surface area contributed by atoms with Crippen LogP contribution in [0.3, 0.4) is 0 Å². The molecule has 0 aliphatic carbocycles. The second-order valence-corrected chi connectivity index (χ2v) is 9.43. The van der Waals surface area contributed by atoms with Crippen molar-refractivity contribution in [3.8, 4) is 11.4 Å². The molecule has 1 aliphatic heterocycles. The maximum atomic E-state index is 12.6. The van der Waals surface area contributed by atoms with E-state index in [9.17, 15) is 4.79 Å². The molecule has 0 N–H and O–H groups in total. The van der Waals surface area contributed by atoms with Crippen LogP contribution in [0.1, 0.15) is 42.7 Å². The average Bonchev–Trinajstić information content (AvgIpc) is 2.81. The fourth-order valence-electron chi connectivity index (χ4n) is 4.33. The van der Waals surface area contributed by atoms with Gasteiger partial charge in [0.25, 0.3) is 0 Å². The van der Waals surface area contributed by atoms with Crippen LogP contribution in [0.4, 0.5) is 5.82 Å². The molecule has 2 heterocycles. The molecule has 0 atom stereocenters. The van der Waals surface area contributed by atoms with Gasteiger partial charge in [-0.25, -0.2) is 9.97 Å². The fraction of sp³-hybridized carbons (Fsp3) is 0.393. The highest BCUT2D eigenvalue weighted by atomic mass is 16.2. The van der Waals surface area contributed by atoms with Crippen LogP contribution in [-0.2, 0) is 11.2 Å². The number of aromatic nitrogens is 2. The summed E-state index contributed by atoms with van der Waals surface area (Å²) in [4.78, 5) is 26.9. The zero-order valence-electron chi connectivity index (χ0n) is 20.2. The van der Waals surface area contributed by atoms with Crippen LogP contribution in [0.15, 0.2) is 54.6 Å². The Morgan fingerprint density at radius 1 is 0.909 bits per heavy atom. The molecule has 0 radical (unpaired) electrons. The van der Waals surface area contributed by atoms with E-state index in [1.807, 2.05) is 11.0 Å². The van der Waals surface area contributed by atoms with Gasteiger partial charge in [-0.05, 0) is 25.3 Å². The van der Waals surface area contributed by atoms with Crippen molar-refractivity contribution in [1.82, 2.24) is 14.9 Å². The number of carbonyl (C=O) groups excluding carboxylic acids is 1. The van der Waals surface area contributed by atoms with E-state index in [-0.39, 0.29) is 5.91 Å². The number of rotatable bonds is 6. The lowest BCUT2D eigenvalue weighted by molar-refractivity contribution is -0.132. The number of piperazine rings is 1. The van der Waals surface area contributed by atoms with E-state index in [0.29, 0.717) is 12.3 Å². The molecular weight excluding hydrogens is 408 g/mol. The molecule has 1 amide bonds. The summed E-state index contributed by atoms with van der Waals surface area (Å²) < 4.78 is 0. The minimum atomic E-state index is 0.258. The normalized spacial score (nSPS) is 14.1. The first-order valence-electron chi connectivity index (χ1n) is 11.9. The number of aryl methyl sites for hydroxylation is 2. The first-order chi connectivity index (χ1) is 15.9. The molecular formula is C28H34N4O. The Balaban J connectivity index is 1.65. The average molecular weight is 443 g/mol. The second-order valence-electron chi connectivity index (χ2n) is 9.43. The SMILES string of the molecule is Cc1ccc(-c2nc(C)c(Cc3ccccc3)c(N3CCN(C(=O)CC(C)C)CC3)n2)cc1. The minimum Gasteiger partial charge on any atom is -0.353 e. The van der Waals surface area contributed by atoms with Crippen molar-refractivity contribution >= 4 is 11.7 Å². The van der Waals surface area contributed by atoms with Gasteiger partial charge in [0.1, 0.15) is 5.82 Å². The van der Waals surface area contributed by atoms with E-state index in [2.05, 4.69) is 81.1 Å². The topological polar surface area (TPSA) is 49.3 Å². The standard InChI is InChI=1S/C28H34N4O/c1-20(2)18-26(33)31-14-16-32(17-15-31)28-25(19-23-8-6-5-7-9-23)22(4)29-27(30-28)24-12-10-21(3)11-13-24/h5-13,20H,14-19H2,1-4H3. The molecule has 0 bridgehead atoms. The third kappa shape index (κ3) is 5.59. The maximum Gasteiger partial charge on any atom is 0.222 e. The monoisotopic (exact) mass is 442 g/mol. The van der Waals surface area contributed by atoms with Crippen molar-refractivity contribution in [1.29, 1.82) is 0 Å². The van der Waals surface area contributed by atoms with Crippen LogP contribution in [-0.4, -0.2) is 47.0 Å². The van der Waals surface area contributed by atoms with Gasteiger partial charge in [0.2, 0.25) is 5.91 Å². The molecule has 0 saturated carbocycles. The van der Waals surface area contributed by atoms with Gasteiger partial charge in [0, 0.05) is 55.8 Å². The van der Waals surface area contributed by atoms with E-state index in [0.717, 1.165) is 55.5 Å². The van der Waals surface area contributed by atoms with Crippen molar-refractivity contribution in [2.45, 2.75) is 40.5 Å². The number of carbonyl (C=O) groups is 1. The summed E-state index contributed by atoms with van der Waals surface area (Å²) in [6, 6.07) is 18.9. The number of hydrogen-bond donors (Lipinski definition) is 0. The largest absolute Gasteiger partial charge is 0.353 e. The maximum absolute atomic E-state index is 12.6. The van der Waals surface area contributed by atoms with Crippen LogP contribution in [0.2, 0.25) is 0 Å². The van der Waals surface area contributed by atoms with Gasteiger partial charge in [-0.2, -0.15) is 0 Å². The molecule has 0 spiro atoms. The highest BCUT2D eigenvalue weighted by Gasteiger charge is 2.25. The lowest BCUT2D eigenvalue weighted by atomic mass is 10.0. The molecule has 1 fully saturated rings. The van der Waals surface area contributed by atoms with E-state index in [4.69, 9.17) is 9.97 Å². The molecule has 1 saturated heterocycles. The van der Waals surface area contributed by atoms with Crippen molar-refractivity contribution < 1.29 is 4.79 Å². The molecule has 3 aromatic rings. The number of amides is 1. The predicted octanol–water partition coefficient (Wildman–Crippen LogP) is 5.05.